The third-order valence-corrected chi connectivity index (χ3v) is 8.05. The zero-order chi connectivity index (χ0) is 27.0. The number of amides is 1. The first-order chi connectivity index (χ1) is 18.3. The van der Waals surface area contributed by atoms with Crippen LogP contribution in [0.2, 0.25) is 0 Å². The van der Waals surface area contributed by atoms with Gasteiger partial charge < -0.3 is 29.1 Å². The lowest BCUT2D eigenvalue weighted by molar-refractivity contribution is 0.0642. The van der Waals surface area contributed by atoms with Crippen LogP contribution in [0.1, 0.15) is 17.7 Å². The van der Waals surface area contributed by atoms with Crippen molar-refractivity contribution in [3.05, 3.63) is 84.3 Å². The molecule has 1 unspecified atom stereocenters. The maximum atomic E-state index is 13.6. The highest BCUT2D eigenvalue weighted by molar-refractivity contribution is 7.89. The van der Waals surface area contributed by atoms with E-state index in [9.17, 15) is 18.3 Å². The van der Waals surface area contributed by atoms with Crippen molar-refractivity contribution in [3.8, 4) is 5.75 Å². The minimum absolute atomic E-state index is 0.0327. The molecule has 11 heteroatoms. The van der Waals surface area contributed by atoms with Gasteiger partial charge in [-0.2, -0.15) is 4.31 Å². The molecule has 1 aliphatic heterocycles. The van der Waals surface area contributed by atoms with E-state index in [0.29, 0.717) is 31.1 Å². The van der Waals surface area contributed by atoms with Gasteiger partial charge in [-0.05, 0) is 48.4 Å². The Hall–Kier alpha value is -3.38. The Morgan fingerprint density at radius 2 is 1.89 bits per heavy atom. The fraction of sp³-hybridized carbons (Fsp3) is 0.370. The summed E-state index contributed by atoms with van der Waals surface area (Å²) in [7, 11) is -2.56. The largest absolute Gasteiger partial charge is 0.497 e. The summed E-state index contributed by atoms with van der Waals surface area (Å²) in [6.45, 7) is 0.412. The highest BCUT2D eigenvalue weighted by Gasteiger charge is 2.32. The minimum Gasteiger partial charge on any atom is -0.497 e. The zero-order valence-electron chi connectivity index (χ0n) is 21.1. The normalized spacial score (nSPS) is 17.2. The smallest absolute Gasteiger partial charge is 0.407 e. The van der Waals surface area contributed by atoms with Gasteiger partial charge in [0.15, 0.2) is 0 Å². The van der Waals surface area contributed by atoms with Crippen molar-refractivity contribution in [2.24, 2.45) is 0 Å². The fourth-order valence-corrected chi connectivity index (χ4v) is 5.57. The Morgan fingerprint density at radius 3 is 2.53 bits per heavy atom. The lowest BCUT2D eigenvalue weighted by Gasteiger charge is -2.29. The van der Waals surface area contributed by atoms with Crippen LogP contribution in [0.5, 0.6) is 5.75 Å². The second kappa shape index (κ2) is 12.9. The second-order valence-corrected chi connectivity index (χ2v) is 10.9. The number of alkyl carbamates (subject to hydrolysis) is 1. The Balaban J connectivity index is 1.56. The van der Waals surface area contributed by atoms with Crippen LogP contribution in [0, 0.1) is 0 Å². The number of ether oxygens (including phenoxy) is 3. The van der Waals surface area contributed by atoms with Crippen molar-refractivity contribution in [1.29, 1.82) is 0 Å². The first-order valence-electron chi connectivity index (χ1n) is 12.3. The molecule has 0 saturated carbocycles. The average Bonchev–Trinajstić information content (AvgIpc) is 3.63. The summed E-state index contributed by atoms with van der Waals surface area (Å²) >= 11 is 0. The summed E-state index contributed by atoms with van der Waals surface area (Å²) in [5, 5.41) is 14.1. The van der Waals surface area contributed by atoms with Gasteiger partial charge in [-0.25, -0.2) is 13.2 Å². The first-order valence-corrected chi connectivity index (χ1v) is 13.7. The van der Waals surface area contributed by atoms with Crippen LogP contribution >= 0.6 is 0 Å². The molecule has 1 aromatic heterocycles. The van der Waals surface area contributed by atoms with Crippen LogP contribution in [0.4, 0.5) is 4.79 Å². The van der Waals surface area contributed by atoms with Crippen molar-refractivity contribution in [3.63, 3.8) is 0 Å². The number of hydrogen-bond donors (Lipinski definition) is 2. The van der Waals surface area contributed by atoms with Crippen LogP contribution < -0.4 is 10.1 Å². The van der Waals surface area contributed by atoms with E-state index < -0.39 is 28.3 Å². The van der Waals surface area contributed by atoms with Crippen LogP contribution in [-0.4, -0.2) is 69.0 Å². The summed E-state index contributed by atoms with van der Waals surface area (Å²) in [5.74, 6) is 0.919. The second-order valence-electron chi connectivity index (χ2n) is 8.95. The van der Waals surface area contributed by atoms with E-state index in [4.69, 9.17) is 18.6 Å². The fourth-order valence-electron chi connectivity index (χ4n) is 4.15. The number of benzene rings is 2. The molecule has 38 heavy (non-hydrogen) atoms. The monoisotopic (exact) mass is 544 g/mol. The molecule has 1 amide bonds. The molecule has 10 nitrogen and oxygen atoms in total. The van der Waals surface area contributed by atoms with E-state index in [0.717, 1.165) is 9.87 Å². The maximum absolute atomic E-state index is 13.6. The van der Waals surface area contributed by atoms with Crippen LogP contribution in [-0.2, 0) is 32.5 Å². The van der Waals surface area contributed by atoms with E-state index in [2.05, 4.69) is 5.32 Å². The zero-order valence-corrected chi connectivity index (χ0v) is 21.9. The number of nitrogens with one attached hydrogen (secondary N) is 1. The highest BCUT2D eigenvalue weighted by Crippen LogP contribution is 2.23. The molecule has 3 atom stereocenters. The standard InChI is InChI=1S/C27H32N2O8S/c1-34-21-9-11-24(12-10-21)38(32,33)29(17-22-8-5-14-36-22)18-26(30)25(16-20-6-3-2-4-7-20)28-27(31)37-23-13-15-35-19-23/h2-12,14,23,25-26,30H,13,15-19H2,1H3,(H,28,31)/t23-,25?,26-/m0/s1. The molecule has 0 bridgehead atoms. The van der Waals surface area contributed by atoms with Gasteiger partial charge in [-0.15, -0.1) is 0 Å². The molecule has 0 spiro atoms. The van der Waals surface area contributed by atoms with E-state index >= 15 is 0 Å². The van der Waals surface area contributed by atoms with Crippen LogP contribution in [0.3, 0.4) is 0 Å². The van der Waals surface area contributed by atoms with E-state index in [1.807, 2.05) is 30.3 Å². The number of hydrogen-bond acceptors (Lipinski definition) is 8. The number of carbonyl (C=O) groups excluding carboxylic acids is 1. The highest BCUT2D eigenvalue weighted by atomic mass is 32.2. The van der Waals surface area contributed by atoms with Crippen molar-refractivity contribution in [2.75, 3.05) is 26.9 Å². The predicted octanol–water partition coefficient (Wildman–Crippen LogP) is 2.97. The Labute approximate surface area is 222 Å². The van der Waals surface area contributed by atoms with Gasteiger partial charge in [0, 0.05) is 13.0 Å². The summed E-state index contributed by atoms with van der Waals surface area (Å²) < 4.78 is 49.6. The quantitative estimate of drug-likeness (QED) is 0.356. The number of aliphatic hydroxyl groups excluding tert-OH is 1. The molecule has 2 heterocycles. The van der Waals surface area contributed by atoms with E-state index in [-0.39, 0.29) is 30.5 Å². The molecule has 0 radical (unpaired) electrons. The molecule has 2 aromatic carbocycles. The predicted molar refractivity (Wildman–Crippen MR) is 138 cm³/mol. The number of furan rings is 1. The molecule has 1 aliphatic rings. The lowest BCUT2D eigenvalue weighted by Crippen LogP contribution is -2.51. The lowest BCUT2D eigenvalue weighted by atomic mass is 10.0. The number of sulfonamides is 1. The molecular weight excluding hydrogens is 512 g/mol. The SMILES string of the molecule is COc1ccc(S(=O)(=O)N(Cc2ccco2)C[C@H](O)C(Cc2ccccc2)NC(=O)O[C@H]2CCOC2)cc1. The number of aliphatic hydroxyl groups is 1. The van der Waals surface area contributed by atoms with Crippen molar-refractivity contribution in [1.82, 2.24) is 9.62 Å². The third kappa shape index (κ3) is 7.35. The average molecular weight is 545 g/mol. The summed E-state index contributed by atoms with van der Waals surface area (Å²) in [5.41, 5.74) is 0.858. The summed E-state index contributed by atoms with van der Waals surface area (Å²) in [6, 6.07) is 17.8. The Bertz CT molecular complexity index is 1240. The third-order valence-electron chi connectivity index (χ3n) is 6.23. The molecule has 3 aromatic rings. The van der Waals surface area contributed by atoms with Gasteiger partial charge in [-0.3, -0.25) is 0 Å². The van der Waals surface area contributed by atoms with Crippen molar-refractivity contribution < 1.29 is 36.9 Å². The molecule has 1 fully saturated rings. The van der Waals surface area contributed by atoms with Crippen molar-refractivity contribution >= 4 is 16.1 Å². The summed E-state index contributed by atoms with van der Waals surface area (Å²) in [4.78, 5) is 12.7. The molecule has 204 valence electrons. The van der Waals surface area contributed by atoms with Crippen LogP contribution in [0.15, 0.2) is 82.3 Å². The van der Waals surface area contributed by atoms with Crippen molar-refractivity contribution in [2.45, 2.75) is 42.5 Å². The number of methoxy groups -OCH3 is 1. The number of carbonyl (C=O) groups is 1. The van der Waals surface area contributed by atoms with E-state index in [1.165, 1.54) is 25.5 Å². The molecule has 4 rings (SSSR count). The molecular formula is C27H32N2O8S. The first kappa shape index (κ1) is 27.6. The van der Waals surface area contributed by atoms with Crippen LogP contribution in [0.25, 0.3) is 0 Å². The topological polar surface area (TPSA) is 128 Å². The molecule has 2 N–H and O–H groups in total. The van der Waals surface area contributed by atoms with Gasteiger partial charge in [-0.1, -0.05) is 30.3 Å². The van der Waals surface area contributed by atoms with Gasteiger partial charge in [0.25, 0.3) is 0 Å². The van der Waals surface area contributed by atoms with Gasteiger partial charge in [0.05, 0.1) is 50.2 Å². The van der Waals surface area contributed by atoms with Gasteiger partial charge >= 0.3 is 6.09 Å². The van der Waals surface area contributed by atoms with E-state index in [1.54, 1.807) is 24.3 Å². The van der Waals surface area contributed by atoms with Gasteiger partial charge in [0.1, 0.15) is 17.6 Å². The summed E-state index contributed by atoms with van der Waals surface area (Å²) in [6.07, 6.45) is -0.0322. The number of nitrogens with zero attached hydrogens (tertiary/aromatic N) is 1. The van der Waals surface area contributed by atoms with Gasteiger partial charge in [0.2, 0.25) is 10.0 Å². The maximum Gasteiger partial charge on any atom is 0.407 e. The molecule has 0 aliphatic carbocycles. The number of rotatable bonds is 12. The minimum atomic E-state index is -4.05. The molecule has 1 saturated heterocycles. The Kier molecular flexibility index (Phi) is 9.40. The Morgan fingerprint density at radius 1 is 1.13 bits per heavy atom.